The summed E-state index contributed by atoms with van der Waals surface area (Å²) in [6.07, 6.45) is 1.26. The Bertz CT molecular complexity index is 1940. The first-order chi connectivity index (χ1) is 30.6. The van der Waals surface area contributed by atoms with Crippen LogP contribution < -0.4 is 11.1 Å². The van der Waals surface area contributed by atoms with Gasteiger partial charge in [-0.15, -0.1) is 0 Å². The maximum absolute atomic E-state index is 14.0. The van der Waals surface area contributed by atoms with Crippen LogP contribution in [0.5, 0.6) is 0 Å². The third kappa shape index (κ3) is 7.39. The Hall–Kier alpha value is -2.55. The number of fused-ring (bicyclic) bond motifs is 7. The highest BCUT2D eigenvalue weighted by atomic mass is 16.7. The fourth-order valence-corrected chi connectivity index (χ4v) is 16.0. The van der Waals surface area contributed by atoms with Crippen LogP contribution in [0.4, 0.5) is 0 Å². The minimum Gasteiger partial charge on any atom is -0.481 e. The number of nitrogens with one attached hydrogen (secondary N) is 2. The molecule has 2 aliphatic heterocycles. The monoisotopic (exact) mass is 917 g/mol. The van der Waals surface area contributed by atoms with Gasteiger partial charge < -0.3 is 71.5 Å². The number of carboxylic acids is 1. The lowest BCUT2D eigenvalue weighted by atomic mass is 9.31. The average Bonchev–Trinajstić information content (AvgIpc) is 3.91. The van der Waals surface area contributed by atoms with Crippen LogP contribution in [0.15, 0.2) is 24.2 Å². The quantitative estimate of drug-likeness (QED) is 0.0759. The van der Waals surface area contributed by atoms with Gasteiger partial charge in [0.25, 0.3) is 0 Å². The van der Waals surface area contributed by atoms with Crippen LogP contribution in [0.1, 0.15) is 117 Å². The van der Waals surface area contributed by atoms with Crippen molar-refractivity contribution in [1.82, 2.24) is 15.3 Å². The van der Waals surface area contributed by atoms with E-state index < -0.39 is 124 Å². The third-order valence-electron chi connectivity index (χ3n) is 20.0. The van der Waals surface area contributed by atoms with Crippen molar-refractivity contribution in [1.29, 1.82) is 0 Å². The molecule has 2 saturated heterocycles. The molecule has 0 spiro atoms. The fraction of sp³-hybridized carbons (Fsp3) is 0.854. The van der Waals surface area contributed by atoms with Crippen LogP contribution in [-0.2, 0) is 19.1 Å². The Morgan fingerprint density at radius 1 is 0.969 bits per heavy atom. The number of aliphatic hydroxyl groups excluding tert-OH is 8. The number of ether oxygens (including phenoxy) is 2. The normalized spacial score (nSPS) is 49.4. The predicted molar refractivity (Wildman–Crippen MR) is 234 cm³/mol. The topological polar surface area (TPSA) is 301 Å². The maximum atomic E-state index is 14.0. The number of hydrogen-bond acceptors (Lipinski definition) is 14. The molecule has 13 N–H and O–H groups in total. The summed E-state index contributed by atoms with van der Waals surface area (Å²) in [5.41, 5.74) is 3.51. The van der Waals surface area contributed by atoms with Gasteiger partial charge in [-0.1, -0.05) is 46.3 Å². The van der Waals surface area contributed by atoms with Gasteiger partial charge in [-0.2, -0.15) is 0 Å². The van der Waals surface area contributed by atoms with E-state index in [2.05, 4.69) is 49.1 Å². The molecule has 1 amide bonds. The maximum Gasteiger partial charge on any atom is 0.310 e. The number of carboxylic acid groups (broad SMARTS) is 1. The van der Waals surface area contributed by atoms with E-state index in [9.17, 15) is 55.5 Å². The first kappa shape index (κ1) is 48.9. The van der Waals surface area contributed by atoms with Crippen molar-refractivity contribution in [2.24, 2.45) is 73.7 Å². The average molecular weight is 917 g/mol. The number of allylic oxidation sites excluding steroid dienone is 2. The summed E-state index contributed by atoms with van der Waals surface area (Å²) in [5.74, 6) is -4.38. The number of carbonyl (C=O) groups is 2. The molecule has 366 valence electrons. The number of nitrogens with zero attached hydrogens (tertiary/aromatic N) is 1. The molecule has 17 nitrogen and oxygen atoms in total. The van der Waals surface area contributed by atoms with Crippen LogP contribution in [0, 0.1) is 68.0 Å². The van der Waals surface area contributed by atoms with Crippen molar-refractivity contribution in [2.45, 2.75) is 160 Å². The van der Waals surface area contributed by atoms with Crippen LogP contribution in [-0.4, -0.2) is 143 Å². The van der Waals surface area contributed by atoms with E-state index in [4.69, 9.17) is 15.2 Å². The van der Waals surface area contributed by atoms with E-state index >= 15 is 0 Å². The van der Waals surface area contributed by atoms with Gasteiger partial charge in [-0.3, -0.25) is 9.59 Å². The molecule has 0 aromatic carbocycles. The number of aromatic amines is 1. The summed E-state index contributed by atoms with van der Waals surface area (Å²) in [5, 5.41) is 103. The molecule has 3 heterocycles. The first-order valence-electron chi connectivity index (χ1n) is 24.1. The molecule has 7 aliphatic rings. The summed E-state index contributed by atoms with van der Waals surface area (Å²) < 4.78 is 12.4. The van der Waals surface area contributed by atoms with Gasteiger partial charge in [-0.05, 0) is 122 Å². The molecule has 4 saturated carbocycles. The second kappa shape index (κ2) is 17.4. The summed E-state index contributed by atoms with van der Waals surface area (Å²) in [7, 11) is 0. The first-order valence-corrected chi connectivity index (χ1v) is 24.1. The standard InChI is InChI=1S/C48H76N4O13/c1-43(21-54)12-14-48(42(62)63)15-13-45(3)27(29(48)17-43)7-8-33-46(45,4)11-10-32-44(2,22-55)39(65-41-38(60)37(59)31(56)20-64-41)36(58)28(47(32,33)5)16-25-26(19-53)40(61)52-35(25)24(6-9-34(49)57)30-18-50-23-51-30/h7,18,23-26,28-29,31-39,41,53-60H,6,8-17,19-22,49H2,1-5H3,(H,50,51)(H,52,61)(H,62,63). The Morgan fingerprint density at radius 2 is 1.69 bits per heavy atom. The number of hydrogen-bond donors (Lipinski definition) is 12. The molecule has 1 aromatic rings. The van der Waals surface area contributed by atoms with E-state index in [-0.39, 0.29) is 49.7 Å². The van der Waals surface area contributed by atoms with Gasteiger partial charge >= 0.3 is 5.97 Å². The molecule has 0 bridgehead atoms. The van der Waals surface area contributed by atoms with E-state index in [1.807, 2.05) is 6.92 Å². The number of aromatic nitrogens is 2. The van der Waals surface area contributed by atoms with Gasteiger partial charge in [0.05, 0.1) is 49.7 Å². The molecule has 0 radical (unpaired) electrons. The second-order valence-electron chi connectivity index (χ2n) is 22.9. The van der Waals surface area contributed by atoms with Crippen LogP contribution in [0.25, 0.3) is 0 Å². The van der Waals surface area contributed by atoms with Crippen molar-refractivity contribution >= 4 is 11.9 Å². The molecule has 5 aliphatic carbocycles. The minimum absolute atomic E-state index is 0.0315. The molecule has 21 unspecified atom stereocenters. The van der Waals surface area contributed by atoms with Gasteiger partial charge in [0, 0.05) is 35.9 Å². The zero-order chi connectivity index (χ0) is 47.2. The van der Waals surface area contributed by atoms with Crippen LogP contribution in [0.3, 0.4) is 0 Å². The zero-order valence-electron chi connectivity index (χ0n) is 38.7. The van der Waals surface area contributed by atoms with Gasteiger partial charge in [0.1, 0.15) is 24.5 Å². The van der Waals surface area contributed by atoms with Gasteiger partial charge in [-0.25, -0.2) is 4.98 Å². The molecular formula is C48H76N4O13. The molecular weight excluding hydrogens is 841 g/mol. The van der Waals surface area contributed by atoms with Crippen molar-refractivity contribution in [2.75, 3.05) is 26.4 Å². The highest BCUT2D eigenvalue weighted by Crippen LogP contribution is 2.77. The smallest absolute Gasteiger partial charge is 0.310 e. The number of carbonyl (C=O) groups excluding carboxylic acids is 1. The number of aliphatic hydroxyl groups is 8. The molecule has 17 heteroatoms. The molecule has 21 atom stereocenters. The number of rotatable bonds is 13. The summed E-state index contributed by atoms with van der Waals surface area (Å²) >= 11 is 0. The minimum atomic E-state index is -1.67. The van der Waals surface area contributed by atoms with Crippen molar-refractivity contribution in [3.05, 3.63) is 29.9 Å². The highest BCUT2D eigenvalue weighted by molar-refractivity contribution is 5.82. The Balaban J connectivity index is 1.26. The SMILES string of the molecule is CC1(CO)CCC2(C(=O)O)CCC3(C)C(=CCC4C5(C)C(CC6C(CO)C(=O)NC6C(CCC(N)O)c6cnc[nH]6)C(O)C(OC6OCC(O)C(O)C6O)C(C)(CO)C5CCC43C)C2C1. The van der Waals surface area contributed by atoms with E-state index in [0.29, 0.717) is 63.5 Å². The number of imidazole rings is 1. The Kier molecular flexibility index (Phi) is 13.1. The lowest BCUT2D eigenvalue weighted by molar-refractivity contribution is -0.340. The van der Waals surface area contributed by atoms with E-state index in [1.165, 1.54) is 0 Å². The summed E-state index contributed by atoms with van der Waals surface area (Å²) in [6, 6.07) is -0.585. The second-order valence-corrected chi connectivity index (χ2v) is 22.9. The molecule has 8 rings (SSSR count). The number of aliphatic carboxylic acids is 1. The number of nitrogens with two attached hydrogens (primary N) is 1. The third-order valence-corrected chi connectivity index (χ3v) is 20.0. The Morgan fingerprint density at radius 3 is 2.32 bits per heavy atom. The highest BCUT2D eigenvalue weighted by Gasteiger charge is 2.74. The lowest BCUT2D eigenvalue weighted by Crippen LogP contribution is -2.72. The van der Waals surface area contributed by atoms with Crippen molar-refractivity contribution in [3.8, 4) is 0 Å². The van der Waals surface area contributed by atoms with Crippen LogP contribution >= 0.6 is 0 Å². The van der Waals surface area contributed by atoms with E-state index in [0.717, 1.165) is 5.57 Å². The predicted octanol–water partition coefficient (Wildman–Crippen LogP) is 1.52. The summed E-state index contributed by atoms with van der Waals surface area (Å²) in [4.78, 5) is 34.8. The summed E-state index contributed by atoms with van der Waals surface area (Å²) in [6.45, 7) is 9.52. The lowest BCUT2D eigenvalue weighted by Gasteiger charge is -2.73. The van der Waals surface area contributed by atoms with Crippen molar-refractivity contribution < 1.29 is 65.0 Å². The van der Waals surface area contributed by atoms with Crippen molar-refractivity contribution in [3.63, 3.8) is 0 Å². The fourth-order valence-electron chi connectivity index (χ4n) is 16.0. The van der Waals surface area contributed by atoms with E-state index in [1.54, 1.807) is 12.5 Å². The molecule has 6 fully saturated rings. The number of H-pyrrole nitrogens is 1. The van der Waals surface area contributed by atoms with Gasteiger partial charge in [0.2, 0.25) is 5.91 Å². The largest absolute Gasteiger partial charge is 0.481 e. The van der Waals surface area contributed by atoms with Crippen LogP contribution in [0.2, 0.25) is 0 Å². The Labute approximate surface area is 381 Å². The molecule has 1 aromatic heterocycles. The van der Waals surface area contributed by atoms with Gasteiger partial charge in [0.15, 0.2) is 6.29 Å². The zero-order valence-corrected chi connectivity index (χ0v) is 38.7. The number of amides is 1. The molecule has 65 heavy (non-hydrogen) atoms.